The van der Waals surface area contributed by atoms with Crippen LogP contribution in [-0.4, -0.2) is 38.4 Å². The number of para-hydroxylation sites is 1. The highest BCUT2D eigenvalue weighted by atomic mass is 35.5. The lowest BCUT2D eigenvalue weighted by Crippen LogP contribution is -2.13. The number of thioether (sulfide) groups is 1. The topological polar surface area (TPSA) is 81.4 Å². The number of amides is 1. The summed E-state index contributed by atoms with van der Waals surface area (Å²) < 4.78 is 7.00. The van der Waals surface area contributed by atoms with Crippen LogP contribution in [0.2, 0.25) is 5.02 Å². The van der Waals surface area contributed by atoms with E-state index in [1.807, 2.05) is 31.2 Å². The Labute approximate surface area is 176 Å². The van der Waals surface area contributed by atoms with Gasteiger partial charge in [-0.15, -0.1) is 5.10 Å². The fourth-order valence-corrected chi connectivity index (χ4v) is 4.01. The maximum atomic E-state index is 12.4. The predicted octanol–water partition coefficient (Wildman–Crippen LogP) is 4.37. The number of benzene rings is 2. The zero-order valence-corrected chi connectivity index (χ0v) is 17.4. The fourth-order valence-electron chi connectivity index (χ4n) is 2.95. The van der Waals surface area contributed by atoms with Gasteiger partial charge in [-0.1, -0.05) is 35.5 Å². The smallest absolute Gasteiger partial charge is 0.225 e. The molecule has 0 atom stereocenters. The predicted molar refractivity (Wildman–Crippen MR) is 115 cm³/mol. The van der Waals surface area contributed by atoms with Crippen molar-refractivity contribution in [3.63, 3.8) is 0 Å². The molecule has 0 radical (unpaired) electrons. The van der Waals surface area contributed by atoms with Gasteiger partial charge in [0.05, 0.1) is 18.3 Å². The van der Waals surface area contributed by atoms with Crippen LogP contribution in [0.25, 0.3) is 16.6 Å². The van der Waals surface area contributed by atoms with Crippen LogP contribution in [0.5, 0.6) is 5.75 Å². The molecule has 1 N–H and O–H groups in total. The molecule has 4 aromatic rings. The maximum Gasteiger partial charge on any atom is 0.225 e. The molecule has 4 rings (SSSR count). The van der Waals surface area contributed by atoms with Crippen molar-refractivity contribution < 1.29 is 9.53 Å². The molecule has 0 aliphatic heterocycles. The monoisotopic (exact) mass is 427 g/mol. The third-order valence-electron chi connectivity index (χ3n) is 4.25. The lowest BCUT2D eigenvalue weighted by atomic mass is 10.2. The summed E-state index contributed by atoms with van der Waals surface area (Å²) in [6.07, 6.45) is 0.296. The number of fused-ring (bicyclic) bond motifs is 3. The fraction of sp³-hybridized carbons (Fsp3) is 0.200. The Balaban J connectivity index is 1.49. The minimum Gasteiger partial charge on any atom is -0.495 e. The van der Waals surface area contributed by atoms with Gasteiger partial charge in [-0.3, -0.25) is 4.79 Å². The van der Waals surface area contributed by atoms with E-state index in [1.54, 1.807) is 29.8 Å². The summed E-state index contributed by atoms with van der Waals surface area (Å²) in [5, 5.41) is 9.47. The SMILES string of the molecule is COc1ccc(Cl)cc1NC(=O)CCSc1nc2ccccc2c2nc(C)nn12. The van der Waals surface area contributed by atoms with Gasteiger partial charge >= 0.3 is 0 Å². The zero-order chi connectivity index (χ0) is 20.4. The highest BCUT2D eigenvalue weighted by Gasteiger charge is 2.13. The van der Waals surface area contributed by atoms with Crippen LogP contribution in [0.3, 0.4) is 0 Å². The first kappa shape index (κ1) is 19.5. The summed E-state index contributed by atoms with van der Waals surface area (Å²) in [7, 11) is 1.55. The Morgan fingerprint density at radius 1 is 1.24 bits per heavy atom. The second kappa shape index (κ2) is 8.26. The van der Waals surface area contributed by atoms with E-state index in [-0.39, 0.29) is 5.91 Å². The highest BCUT2D eigenvalue weighted by molar-refractivity contribution is 7.99. The molecule has 0 spiro atoms. The largest absolute Gasteiger partial charge is 0.495 e. The molecule has 2 aromatic carbocycles. The number of carbonyl (C=O) groups is 1. The Bertz CT molecular complexity index is 1210. The van der Waals surface area contributed by atoms with Crippen molar-refractivity contribution in [1.29, 1.82) is 0 Å². The van der Waals surface area contributed by atoms with Crippen molar-refractivity contribution in [1.82, 2.24) is 19.6 Å². The molecular weight excluding hydrogens is 410 g/mol. The lowest BCUT2D eigenvalue weighted by Gasteiger charge is -2.10. The number of methoxy groups -OCH3 is 1. The van der Waals surface area contributed by atoms with Crippen LogP contribution < -0.4 is 10.1 Å². The van der Waals surface area contributed by atoms with E-state index in [0.717, 1.165) is 16.6 Å². The summed E-state index contributed by atoms with van der Waals surface area (Å²) in [6, 6.07) is 12.9. The number of nitrogens with zero attached hydrogens (tertiary/aromatic N) is 4. The molecule has 0 unspecified atom stereocenters. The number of aromatic nitrogens is 4. The van der Waals surface area contributed by atoms with Crippen molar-refractivity contribution in [3.8, 4) is 5.75 Å². The normalized spacial score (nSPS) is 11.1. The molecule has 0 aliphatic rings. The molecule has 0 fully saturated rings. The lowest BCUT2D eigenvalue weighted by molar-refractivity contribution is -0.115. The van der Waals surface area contributed by atoms with E-state index < -0.39 is 0 Å². The van der Waals surface area contributed by atoms with Gasteiger partial charge in [0, 0.05) is 22.6 Å². The van der Waals surface area contributed by atoms with Crippen LogP contribution >= 0.6 is 23.4 Å². The Morgan fingerprint density at radius 2 is 2.07 bits per heavy atom. The van der Waals surface area contributed by atoms with Crippen molar-refractivity contribution in [3.05, 3.63) is 53.3 Å². The zero-order valence-electron chi connectivity index (χ0n) is 15.8. The second-order valence-electron chi connectivity index (χ2n) is 6.30. The van der Waals surface area contributed by atoms with Gasteiger partial charge < -0.3 is 10.1 Å². The van der Waals surface area contributed by atoms with Gasteiger partial charge in [0.1, 0.15) is 11.6 Å². The number of nitrogens with one attached hydrogen (secondary N) is 1. The van der Waals surface area contributed by atoms with Crippen LogP contribution in [0.15, 0.2) is 47.6 Å². The summed E-state index contributed by atoms with van der Waals surface area (Å²) in [6.45, 7) is 1.85. The Hall–Kier alpha value is -2.84. The number of carbonyl (C=O) groups excluding carboxylic acids is 1. The Morgan fingerprint density at radius 3 is 2.90 bits per heavy atom. The first-order chi connectivity index (χ1) is 14.0. The van der Waals surface area contributed by atoms with Gasteiger partial charge in [0.25, 0.3) is 0 Å². The van der Waals surface area contributed by atoms with E-state index >= 15 is 0 Å². The van der Waals surface area contributed by atoms with Crippen molar-refractivity contribution in [2.75, 3.05) is 18.2 Å². The standard InChI is InChI=1S/C20H18ClN5O2S/c1-12-22-19-14-5-3-4-6-15(14)24-20(26(19)25-12)29-10-9-18(27)23-16-11-13(21)7-8-17(16)28-2/h3-8,11H,9-10H2,1-2H3,(H,23,27). The summed E-state index contributed by atoms with van der Waals surface area (Å²) in [4.78, 5) is 21.6. The van der Waals surface area contributed by atoms with Crippen molar-refractivity contribution in [2.24, 2.45) is 0 Å². The van der Waals surface area contributed by atoms with Gasteiger partial charge in [-0.25, -0.2) is 9.97 Å². The molecule has 9 heteroatoms. The molecular formula is C20H18ClN5O2S. The van der Waals surface area contributed by atoms with Crippen LogP contribution in [0.1, 0.15) is 12.2 Å². The van der Waals surface area contributed by atoms with Gasteiger partial charge in [0.2, 0.25) is 5.91 Å². The summed E-state index contributed by atoms with van der Waals surface area (Å²) in [5.41, 5.74) is 2.17. The minimum absolute atomic E-state index is 0.134. The second-order valence-corrected chi connectivity index (χ2v) is 7.80. The summed E-state index contributed by atoms with van der Waals surface area (Å²) in [5.74, 6) is 1.64. The Kier molecular flexibility index (Phi) is 5.55. The van der Waals surface area contributed by atoms with Crippen LogP contribution in [0, 0.1) is 6.92 Å². The molecule has 7 nitrogen and oxygen atoms in total. The van der Waals surface area contributed by atoms with E-state index in [9.17, 15) is 4.79 Å². The van der Waals surface area contributed by atoms with Gasteiger partial charge in [0.15, 0.2) is 10.8 Å². The first-order valence-corrected chi connectivity index (χ1v) is 10.3. The molecule has 0 aliphatic carbocycles. The molecule has 2 heterocycles. The van der Waals surface area contributed by atoms with E-state index in [2.05, 4.69) is 15.4 Å². The molecule has 29 heavy (non-hydrogen) atoms. The maximum absolute atomic E-state index is 12.4. The molecule has 0 bridgehead atoms. The molecule has 2 aromatic heterocycles. The van der Waals surface area contributed by atoms with Crippen molar-refractivity contribution in [2.45, 2.75) is 18.5 Å². The number of ether oxygens (including phenoxy) is 1. The average Bonchev–Trinajstić information content (AvgIpc) is 3.10. The molecule has 1 amide bonds. The third kappa shape index (κ3) is 4.13. The molecule has 0 saturated carbocycles. The van der Waals surface area contributed by atoms with E-state index in [4.69, 9.17) is 21.3 Å². The summed E-state index contributed by atoms with van der Waals surface area (Å²) >= 11 is 7.47. The van der Waals surface area contributed by atoms with E-state index in [1.165, 1.54) is 11.8 Å². The van der Waals surface area contributed by atoms with Crippen LogP contribution in [0.4, 0.5) is 5.69 Å². The number of halogens is 1. The number of rotatable bonds is 6. The highest BCUT2D eigenvalue weighted by Crippen LogP contribution is 2.28. The molecule has 148 valence electrons. The number of hydrogen-bond acceptors (Lipinski definition) is 6. The third-order valence-corrected chi connectivity index (χ3v) is 5.42. The average molecular weight is 428 g/mol. The minimum atomic E-state index is -0.134. The number of hydrogen-bond donors (Lipinski definition) is 1. The first-order valence-electron chi connectivity index (χ1n) is 8.93. The quantitative estimate of drug-likeness (QED) is 0.363. The number of anilines is 1. The van der Waals surface area contributed by atoms with Crippen molar-refractivity contribution >= 4 is 51.5 Å². The van der Waals surface area contributed by atoms with Gasteiger partial charge in [-0.05, 0) is 37.3 Å². The van der Waals surface area contributed by atoms with E-state index in [0.29, 0.717) is 39.6 Å². The van der Waals surface area contributed by atoms with Crippen LogP contribution in [-0.2, 0) is 4.79 Å². The number of aryl methyl sites for hydroxylation is 1. The molecule has 0 saturated heterocycles. The van der Waals surface area contributed by atoms with Gasteiger partial charge in [-0.2, -0.15) is 4.52 Å².